The Hall–Kier alpha value is -16.2. The van der Waals surface area contributed by atoms with Gasteiger partial charge in [0.05, 0.1) is 10.8 Å². The SMILES string of the molecule is Cc1ccc(-c2ccc(-c3nc(-c4ccc(-c5c(-c6ccccc6)cc(-c6ccccc6)cc5-c5ccccc5)cc4)nc(-c4ccc5c(c4)C(c4ccccc4)(c4ccccc4)c4ccccc4-5)n3)cc2)cn1.Cc1ccc(-c2ccccc2-c2nc(-c3ccccc3)nc(-c3ccc4c(c3)C(c3ccccc3)(c3ccccc3)c3ccccc3-4)n2)c(C)n1. The van der Waals surface area contributed by atoms with Gasteiger partial charge in [0.15, 0.2) is 34.9 Å². The zero-order valence-corrected chi connectivity index (χ0v) is 69.2. The molecule has 0 saturated heterocycles. The Kier molecular flexibility index (Phi) is 20.0. The van der Waals surface area contributed by atoms with Crippen molar-refractivity contribution in [2.45, 2.75) is 31.6 Å². The van der Waals surface area contributed by atoms with Gasteiger partial charge < -0.3 is 0 Å². The lowest BCUT2D eigenvalue weighted by atomic mass is 9.67. The smallest absolute Gasteiger partial charge is 0.164 e. The zero-order chi connectivity index (χ0) is 83.8. The van der Waals surface area contributed by atoms with Crippen LogP contribution in [0.3, 0.4) is 0 Å². The molecule has 22 rings (SSSR count). The Bertz CT molecular complexity index is 7220. The minimum absolute atomic E-state index is 0.523. The maximum atomic E-state index is 5.39. The van der Waals surface area contributed by atoms with Crippen molar-refractivity contribution in [1.82, 2.24) is 39.9 Å². The molecule has 4 heterocycles. The average molecular weight is 1600 g/mol. The molecule has 2 aliphatic carbocycles. The number of rotatable bonds is 16. The summed E-state index contributed by atoms with van der Waals surface area (Å²) >= 11 is 0. The van der Waals surface area contributed by atoms with E-state index in [1.807, 2.05) is 50.4 Å². The van der Waals surface area contributed by atoms with Crippen LogP contribution in [-0.2, 0) is 10.8 Å². The van der Waals surface area contributed by atoms with E-state index in [0.29, 0.717) is 34.9 Å². The third kappa shape index (κ3) is 14.0. The lowest BCUT2D eigenvalue weighted by Crippen LogP contribution is -2.28. The van der Waals surface area contributed by atoms with Crippen molar-refractivity contribution in [1.29, 1.82) is 0 Å². The molecule has 0 atom stereocenters. The third-order valence-electron chi connectivity index (χ3n) is 24.7. The second kappa shape index (κ2) is 32.8. The highest BCUT2D eigenvalue weighted by atomic mass is 15.0. The Morgan fingerprint density at radius 3 is 0.880 bits per heavy atom. The quantitative estimate of drug-likeness (QED) is 0.0943. The van der Waals surface area contributed by atoms with Crippen molar-refractivity contribution in [3.63, 3.8) is 0 Å². The standard InChI is InChI=1S/C70H48N4.C47H34N4/c1-47-31-32-56(46-71-47)49-33-37-53(38-34-49)67-72-68(74-69(73-67)55-41-42-61-60-29-17-18-30-64(60)70(65(61)45-55,58-25-13-5-14-26-58)59-27-15-6-16-28-59)54-39-35-52(36-40-54)66-62(50-21-9-3-10-22-50)43-57(48-19-7-2-8-20-48)44-63(66)51-23-11-4-12-24-51;1-31-26-28-37(32(2)48-31)38-22-12-13-24-41(38)46-50-44(33-16-6-3-7-17-33)49-45(51-46)34-27-29-40-39-23-14-15-25-42(39)47(43(40)30-34,35-18-8-4-9-19-35)36-20-10-5-11-21-36/h2-46H,1H3;3-30H,1-2H3. The summed E-state index contributed by atoms with van der Waals surface area (Å²) in [5, 5.41) is 0. The number of fused-ring (bicyclic) bond motifs is 6. The van der Waals surface area contributed by atoms with E-state index >= 15 is 0 Å². The molecule has 0 aliphatic heterocycles. The largest absolute Gasteiger partial charge is 0.261 e. The average Bonchev–Trinajstić information content (AvgIpc) is 1.55. The highest BCUT2D eigenvalue weighted by Gasteiger charge is 2.48. The molecule has 0 amide bonds. The van der Waals surface area contributed by atoms with E-state index < -0.39 is 10.8 Å². The molecular formula is C117H82N8. The summed E-state index contributed by atoms with van der Waals surface area (Å²) in [6.45, 7) is 6.08. The van der Waals surface area contributed by atoms with Crippen molar-refractivity contribution in [3.05, 3.63) is 505 Å². The summed E-state index contributed by atoms with van der Waals surface area (Å²) in [6, 6.07) is 155. The summed E-state index contributed by atoms with van der Waals surface area (Å²) < 4.78 is 0. The number of benzene rings is 16. The molecule has 8 nitrogen and oxygen atoms in total. The van der Waals surface area contributed by atoms with Crippen LogP contribution in [0.5, 0.6) is 0 Å². The summed E-state index contributed by atoms with van der Waals surface area (Å²) in [4.78, 5) is 40.9. The van der Waals surface area contributed by atoms with Crippen molar-refractivity contribution >= 4 is 0 Å². The Balaban J connectivity index is 0.000000164. The van der Waals surface area contributed by atoms with Gasteiger partial charge in [0.25, 0.3) is 0 Å². The van der Waals surface area contributed by atoms with Crippen LogP contribution in [0.25, 0.3) is 157 Å². The molecule has 0 bridgehead atoms. The third-order valence-corrected chi connectivity index (χ3v) is 24.7. The second-order valence-corrected chi connectivity index (χ2v) is 32.1. The first kappa shape index (κ1) is 76.3. The monoisotopic (exact) mass is 1600 g/mol. The fraction of sp³-hybridized carbons (Fsp3) is 0.0427. The van der Waals surface area contributed by atoms with Gasteiger partial charge in [0.1, 0.15) is 0 Å². The fourth-order valence-corrected chi connectivity index (χ4v) is 18.8. The van der Waals surface area contributed by atoms with E-state index in [-0.39, 0.29) is 0 Å². The molecule has 0 saturated carbocycles. The number of pyridine rings is 2. The van der Waals surface area contributed by atoms with Gasteiger partial charge in [0.2, 0.25) is 0 Å². The summed E-state index contributed by atoms with van der Waals surface area (Å²) in [6.07, 6.45) is 1.92. The van der Waals surface area contributed by atoms with Crippen LogP contribution in [0.2, 0.25) is 0 Å². The number of aromatic nitrogens is 8. The van der Waals surface area contributed by atoms with Gasteiger partial charge in [-0.3, -0.25) is 9.97 Å². The molecule has 125 heavy (non-hydrogen) atoms. The predicted molar refractivity (Wildman–Crippen MR) is 509 cm³/mol. The molecule has 590 valence electrons. The zero-order valence-electron chi connectivity index (χ0n) is 69.2. The lowest BCUT2D eigenvalue weighted by Gasteiger charge is -2.34. The van der Waals surface area contributed by atoms with Gasteiger partial charge >= 0.3 is 0 Å². The normalized spacial score (nSPS) is 12.4. The molecule has 2 aliphatic rings. The Morgan fingerprint density at radius 2 is 0.464 bits per heavy atom. The van der Waals surface area contributed by atoms with Crippen LogP contribution >= 0.6 is 0 Å². The van der Waals surface area contributed by atoms with E-state index in [4.69, 9.17) is 34.9 Å². The highest BCUT2D eigenvalue weighted by molar-refractivity contribution is 5.99. The second-order valence-electron chi connectivity index (χ2n) is 32.1. The van der Waals surface area contributed by atoms with E-state index in [1.54, 1.807) is 0 Å². The molecule has 0 fully saturated rings. The minimum Gasteiger partial charge on any atom is -0.261 e. The van der Waals surface area contributed by atoms with Crippen LogP contribution in [-0.4, -0.2) is 39.9 Å². The topological polar surface area (TPSA) is 103 Å². The fourth-order valence-electron chi connectivity index (χ4n) is 18.8. The molecular weight excluding hydrogens is 1520 g/mol. The van der Waals surface area contributed by atoms with Gasteiger partial charge in [-0.2, -0.15) is 0 Å². The summed E-state index contributed by atoms with van der Waals surface area (Å²) in [5.41, 5.74) is 35.4. The van der Waals surface area contributed by atoms with Gasteiger partial charge in [-0.15, -0.1) is 0 Å². The van der Waals surface area contributed by atoms with Crippen LogP contribution in [0.1, 0.15) is 61.6 Å². The number of aryl methyl sites for hydroxylation is 3. The molecule has 0 N–H and O–H groups in total. The van der Waals surface area contributed by atoms with Gasteiger partial charge in [-0.05, 0) is 180 Å². The van der Waals surface area contributed by atoms with Crippen molar-refractivity contribution < 1.29 is 0 Å². The maximum absolute atomic E-state index is 5.39. The first-order valence-corrected chi connectivity index (χ1v) is 42.5. The van der Waals surface area contributed by atoms with E-state index in [2.05, 4.69) is 418 Å². The predicted octanol–water partition coefficient (Wildman–Crippen LogP) is 28.2. The number of hydrogen-bond donors (Lipinski definition) is 0. The van der Waals surface area contributed by atoms with Gasteiger partial charge in [-0.1, -0.05) is 400 Å². The summed E-state index contributed by atoms with van der Waals surface area (Å²) in [7, 11) is 0. The molecule has 0 unspecified atom stereocenters. The molecule has 0 radical (unpaired) electrons. The van der Waals surface area contributed by atoms with Crippen molar-refractivity contribution in [2.75, 3.05) is 0 Å². The molecule has 8 heteroatoms. The van der Waals surface area contributed by atoms with Gasteiger partial charge in [0, 0.05) is 67.8 Å². The number of hydrogen-bond acceptors (Lipinski definition) is 8. The van der Waals surface area contributed by atoms with Crippen LogP contribution in [0.4, 0.5) is 0 Å². The van der Waals surface area contributed by atoms with Crippen molar-refractivity contribution in [2.24, 2.45) is 0 Å². The Labute approximate surface area is 728 Å². The summed E-state index contributed by atoms with van der Waals surface area (Å²) in [5.74, 6) is 3.67. The first-order valence-electron chi connectivity index (χ1n) is 42.5. The van der Waals surface area contributed by atoms with E-state index in [1.165, 1.54) is 72.3 Å². The molecule has 16 aromatic carbocycles. The Morgan fingerprint density at radius 1 is 0.168 bits per heavy atom. The van der Waals surface area contributed by atoms with Crippen LogP contribution in [0, 0.1) is 20.8 Å². The van der Waals surface area contributed by atoms with E-state index in [9.17, 15) is 0 Å². The minimum atomic E-state index is -0.573. The number of nitrogens with zero attached hydrogens (tertiary/aromatic N) is 8. The van der Waals surface area contributed by atoms with Crippen LogP contribution < -0.4 is 0 Å². The van der Waals surface area contributed by atoms with E-state index in [0.717, 1.165) is 112 Å². The maximum Gasteiger partial charge on any atom is 0.164 e. The van der Waals surface area contributed by atoms with Crippen LogP contribution in [0.15, 0.2) is 443 Å². The first-order chi connectivity index (χ1) is 61.7. The van der Waals surface area contributed by atoms with Gasteiger partial charge in [-0.25, -0.2) is 29.9 Å². The molecule has 0 spiro atoms. The molecule has 20 aromatic rings. The van der Waals surface area contributed by atoms with Crippen molar-refractivity contribution in [3.8, 4) is 157 Å². The highest BCUT2D eigenvalue weighted by Crippen LogP contribution is 2.59. The molecule has 4 aromatic heterocycles. The lowest BCUT2D eigenvalue weighted by molar-refractivity contribution is 0.768.